The van der Waals surface area contributed by atoms with Gasteiger partial charge < -0.3 is 24.1 Å². The highest BCUT2D eigenvalue weighted by molar-refractivity contribution is 7.86. The summed E-state index contributed by atoms with van der Waals surface area (Å²) >= 11 is 0. The van der Waals surface area contributed by atoms with E-state index in [1.54, 1.807) is 14.1 Å². The molecule has 1 N–H and O–H groups in total. The SMILES string of the molecule is CCOC(=O)c1[nH]c2c(-c3c(C)nn(C)c3COc3ccc(N4CCN(S(=O)(=O)N(C)C)CC4)cc3)cccc2c1CCCOc1cccc2ccccc12. The summed E-state index contributed by atoms with van der Waals surface area (Å²) < 4.78 is 47.8. The molecule has 1 aliphatic heterocycles. The molecule has 4 aromatic carbocycles. The first-order valence-electron chi connectivity index (χ1n) is 18.7. The minimum Gasteiger partial charge on any atom is -0.493 e. The van der Waals surface area contributed by atoms with Crippen molar-refractivity contribution in [3.8, 4) is 22.6 Å². The first kappa shape index (κ1) is 37.9. The fourth-order valence-corrected chi connectivity index (χ4v) is 8.49. The van der Waals surface area contributed by atoms with Crippen LogP contribution in [-0.2, 0) is 35.0 Å². The number of hydrogen-bond acceptors (Lipinski definition) is 8. The van der Waals surface area contributed by atoms with Gasteiger partial charge in [-0.1, -0.05) is 54.6 Å². The van der Waals surface area contributed by atoms with Crippen LogP contribution in [0.1, 0.15) is 40.8 Å². The van der Waals surface area contributed by atoms with Crippen molar-refractivity contribution in [3.63, 3.8) is 0 Å². The van der Waals surface area contributed by atoms with E-state index in [9.17, 15) is 13.2 Å². The van der Waals surface area contributed by atoms with Crippen LogP contribution in [0.25, 0.3) is 32.8 Å². The van der Waals surface area contributed by atoms with Crippen molar-refractivity contribution in [3.05, 3.63) is 108 Å². The molecule has 0 radical (unpaired) electrons. The third-order valence-corrected chi connectivity index (χ3v) is 12.2. The number of esters is 1. The van der Waals surface area contributed by atoms with Gasteiger partial charge in [-0.05, 0) is 68.0 Å². The molecule has 6 aromatic rings. The summed E-state index contributed by atoms with van der Waals surface area (Å²) in [6.45, 7) is 6.89. The lowest BCUT2D eigenvalue weighted by Crippen LogP contribution is -2.51. The molecule has 55 heavy (non-hydrogen) atoms. The second kappa shape index (κ2) is 16.2. The summed E-state index contributed by atoms with van der Waals surface area (Å²) in [4.78, 5) is 19.0. The number of aromatic nitrogens is 3. The number of nitrogens with zero attached hydrogens (tertiary/aromatic N) is 5. The van der Waals surface area contributed by atoms with Crippen LogP contribution in [-0.4, -0.2) is 91.3 Å². The Hall–Kier alpha value is -5.37. The number of piperazine rings is 1. The molecular formula is C42H48N6O6S. The summed E-state index contributed by atoms with van der Waals surface area (Å²) in [7, 11) is 1.60. The molecule has 0 bridgehead atoms. The predicted molar refractivity (Wildman–Crippen MR) is 216 cm³/mol. The van der Waals surface area contributed by atoms with Gasteiger partial charge in [0.25, 0.3) is 10.2 Å². The van der Waals surface area contributed by atoms with Crippen molar-refractivity contribution >= 4 is 43.5 Å². The first-order chi connectivity index (χ1) is 26.6. The molecule has 0 unspecified atom stereocenters. The molecule has 0 spiro atoms. The Labute approximate surface area is 322 Å². The Morgan fingerprint density at radius 2 is 1.60 bits per heavy atom. The van der Waals surface area contributed by atoms with Crippen molar-refractivity contribution in [1.82, 2.24) is 23.4 Å². The molecule has 3 heterocycles. The van der Waals surface area contributed by atoms with Crippen LogP contribution in [0, 0.1) is 6.92 Å². The number of nitrogens with one attached hydrogen (secondary N) is 1. The van der Waals surface area contributed by atoms with E-state index >= 15 is 0 Å². The number of hydrogen-bond donors (Lipinski definition) is 1. The van der Waals surface area contributed by atoms with Gasteiger partial charge in [-0.25, -0.2) is 4.79 Å². The third kappa shape index (κ3) is 7.77. The number of anilines is 1. The van der Waals surface area contributed by atoms with Crippen LogP contribution in [0.15, 0.2) is 84.9 Å². The quantitative estimate of drug-likeness (QED) is 0.0959. The van der Waals surface area contributed by atoms with E-state index in [1.165, 1.54) is 8.61 Å². The molecule has 1 saturated heterocycles. The van der Waals surface area contributed by atoms with E-state index < -0.39 is 10.2 Å². The molecule has 2 aromatic heterocycles. The van der Waals surface area contributed by atoms with Crippen LogP contribution in [0.2, 0.25) is 0 Å². The minimum absolute atomic E-state index is 0.270. The van der Waals surface area contributed by atoms with Crippen molar-refractivity contribution in [2.24, 2.45) is 7.05 Å². The molecule has 288 valence electrons. The van der Waals surface area contributed by atoms with Crippen LogP contribution in [0.4, 0.5) is 5.69 Å². The highest BCUT2D eigenvalue weighted by Gasteiger charge is 2.29. The Bertz CT molecular complexity index is 2410. The highest BCUT2D eigenvalue weighted by Crippen LogP contribution is 2.37. The first-order valence-corrected chi connectivity index (χ1v) is 20.1. The molecule has 12 nitrogen and oxygen atoms in total. The number of ether oxygens (including phenoxy) is 3. The average molecular weight is 765 g/mol. The molecule has 7 rings (SSSR count). The van der Waals surface area contributed by atoms with E-state index in [1.807, 2.05) is 92.3 Å². The van der Waals surface area contributed by atoms with Gasteiger partial charge in [-0.15, -0.1) is 0 Å². The fourth-order valence-electron chi connectivity index (χ4n) is 7.41. The van der Waals surface area contributed by atoms with Crippen LogP contribution >= 0.6 is 0 Å². The minimum atomic E-state index is -3.43. The standard InChI is InChI=1S/C42H48N6O6S/c1-6-52-42(49)41-35(17-11-27-53-38-18-9-13-30-12-7-8-14-33(30)38)34-15-10-16-36(40(34)43-41)39-29(2)44-46(5)37(39)28-54-32-21-19-31(20-22-32)47-23-25-48(26-24-47)55(50,51)45(3)4/h7-10,12-16,18-22,43H,6,11,17,23-28H2,1-5H3. The molecule has 1 fully saturated rings. The summed E-state index contributed by atoms with van der Waals surface area (Å²) in [5.74, 6) is 1.17. The van der Waals surface area contributed by atoms with E-state index in [-0.39, 0.29) is 19.2 Å². The number of benzene rings is 4. The summed E-state index contributed by atoms with van der Waals surface area (Å²) in [5.41, 5.74) is 6.82. The average Bonchev–Trinajstić information content (AvgIpc) is 3.71. The Kier molecular flexibility index (Phi) is 11.1. The zero-order valence-corrected chi connectivity index (χ0v) is 32.9. The maximum atomic E-state index is 13.3. The Morgan fingerprint density at radius 3 is 2.35 bits per heavy atom. The van der Waals surface area contributed by atoms with Crippen molar-refractivity contribution in [1.29, 1.82) is 0 Å². The number of H-pyrrole nitrogens is 1. The molecule has 13 heteroatoms. The number of rotatable bonds is 14. The van der Waals surface area contributed by atoms with E-state index in [0.717, 1.165) is 61.2 Å². The second-order valence-corrected chi connectivity index (χ2v) is 16.0. The second-order valence-electron chi connectivity index (χ2n) is 13.8. The number of para-hydroxylation sites is 1. The van der Waals surface area contributed by atoms with Crippen LogP contribution < -0.4 is 14.4 Å². The molecular weight excluding hydrogens is 717 g/mol. The lowest BCUT2D eigenvalue weighted by molar-refractivity contribution is 0.0519. The van der Waals surface area contributed by atoms with Gasteiger partial charge in [0.15, 0.2) is 0 Å². The molecule has 0 saturated carbocycles. The summed E-state index contributed by atoms with van der Waals surface area (Å²) in [6.07, 6.45) is 1.32. The number of carbonyl (C=O) groups is 1. The number of aromatic amines is 1. The summed E-state index contributed by atoms with van der Waals surface area (Å²) in [6, 6.07) is 28.2. The third-order valence-electron chi connectivity index (χ3n) is 10.2. The molecule has 0 aliphatic carbocycles. The Balaban J connectivity index is 1.09. The fraction of sp³-hybridized carbons (Fsp3) is 0.333. The number of fused-ring (bicyclic) bond motifs is 2. The van der Waals surface area contributed by atoms with Crippen LogP contribution in [0.5, 0.6) is 11.5 Å². The van der Waals surface area contributed by atoms with E-state index in [2.05, 4.69) is 28.1 Å². The van der Waals surface area contributed by atoms with Gasteiger partial charge in [-0.3, -0.25) is 4.68 Å². The maximum absolute atomic E-state index is 13.3. The summed E-state index contributed by atoms with van der Waals surface area (Å²) in [5, 5.41) is 7.94. The van der Waals surface area contributed by atoms with E-state index in [0.29, 0.717) is 57.1 Å². The normalized spacial score (nSPS) is 13.9. The number of carbonyl (C=O) groups excluding carboxylic acids is 1. The van der Waals surface area contributed by atoms with Gasteiger partial charge in [0, 0.05) is 74.9 Å². The smallest absolute Gasteiger partial charge is 0.355 e. The number of aryl methyl sites for hydroxylation is 3. The zero-order valence-electron chi connectivity index (χ0n) is 32.0. The van der Waals surface area contributed by atoms with E-state index in [4.69, 9.17) is 19.3 Å². The van der Waals surface area contributed by atoms with Gasteiger partial charge in [-0.2, -0.15) is 22.1 Å². The zero-order chi connectivity index (χ0) is 38.7. The maximum Gasteiger partial charge on any atom is 0.355 e. The van der Waals surface area contributed by atoms with Gasteiger partial charge in [0.05, 0.1) is 30.1 Å². The largest absolute Gasteiger partial charge is 0.493 e. The van der Waals surface area contributed by atoms with Gasteiger partial charge in [0.2, 0.25) is 0 Å². The van der Waals surface area contributed by atoms with Gasteiger partial charge in [0.1, 0.15) is 23.8 Å². The van der Waals surface area contributed by atoms with Crippen LogP contribution in [0.3, 0.4) is 0 Å². The predicted octanol–water partition coefficient (Wildman–Crippen LogP) is 6.73. The van der Waals surface area contributed by atoms with Crippen molar-refractivity contribution in [2.45, 2.75) is 33.3 Å². The lowest BCUT2D eigenvalue weighted by Gasteiger charge is -2.36. The highest BCUT2D eigenvalue weighted by atomic mass is 32.2. The molecule has 0 atom stereocenters. The topological polar surface area (TPSA) is 122 Å². The van der Waals surface area contributed by atoms with Gasteiger partial charge >= 0.3 is 5.97 Å². The monoisotopic (exact) mass is 764 g/mol. The van der Waals surface area contributed by atoms with Crippen molar-refractivity contribution < 1.29 is 27.4 Å². The van der Waals surface area contributed by atoms with Crippen molar-refractivity contribution in [2.75, 3.05) is 58.4 Å². The molecule has 0 amide bonds. The Morgan fingerprint density at radius 1 is 0.891 bits per heavy atom. The molecule has 1 aliphatic rings. The lowest BCUT2D eigenvalue weighted by atomic mass is 9.98.